The van der Waals surface area contributed by atoms with Crippen LogP contribution in [0.3, 0.4) is 0 Å². The molecule has 2 fully saturated rings. The first-order valence-electron chi connectivity index (χ1n) is 9.37. The summed E-state index contributed by atoms with van der Waals surface area (Å²) < 4.78 is 0. The minimum Gasteiger partial charge on any atom is -0.339 e. The van der Waals surface area contributed by atoms with Gasteiger partial charge in [-0.2, -0.15) is 0 Å². The number of hydrogen-bond donors (Lipinski definition) is 0. The molecule has 0 atom stereocenters. The Morgan fingerprint density at radius 1 is 0.960 bits per heavy atom. The molecule has 1 saturated carbocycles. The SMILES string of the molecule is CSc1ccc(CC(=O)N2CCN(C(=O)C3CCCCC3)CC2)cc1. The van der Waals surface area contributed by atoms with E-state index < -0.39 is 0 Å². The summed E-state index contributed by atoms with van der Waals surface area (Å²) >= 11 is 1.71. The Kier molecular flexibility index (Phi) is 6.40. The van der Waals surface area contributed by atoms with Crippen molar-refractivity contribution < 1.29 is 9.59 Å². The van der Waals surface area contributed by atoms with E-state index in [1.807, 2.05) is 28.2 Å². The smallest absolute Gasteiger partial charge is 0.227 e. The Bertz CT molecular complexity index is 588. The summed E-state index contributed by atoms with van der Waals surface area (Å²) in [4.78, 5) is 30.2. The predicted octanol–water partition coefficient (Wildman–Crippen LogP) is 3.20. The summed E-state index contributed by atoms with van der Waals surface area (Å²) in [5.74, 6) is 0.715. The van der Waals surface area contributed by atoms with E-state index in [2.05, 4.69) is 12.1 Å². The van der Waals surface area contributed by atoms with Crippen LogP contribution in [0, 0.1) is 5.92 Å². The van der Waals surface area contributed by atoms with Crippen molar-refractivity contribution in [1.82, 2.24) is 9.80 Å². The minimum atomic E-state index is 0.168. The van der Waals surface area contributed by atoms with Crippen molar-refractivity contribution in [3.05, 3.63) is 29.8 Å². The van der Waals surface area contributed by atoms with Gasteiger partial charge in [-0.25, -0.2) is 0 Å². The van der Waals surface area contributed by atoms with Crippen molar-refractivity contribution >= 4 is 23.6 Å². The number of amides is 2. The van der Waals surface area contributed by atoms with Gasteiger partial charge in [-0.3, -0.25) is 9.59 Å². The van der Waals surface area contributed by atoms with E-state index >= 15 is 0 Å². The highest BCUT2D eigenvalue weighted by Crippen LogP contribution is 2.26. The van der Waals surface area contributed by atoms with Crippen molar-refractivity contribution in [2.75, 3.05) is 32.4 Å². The summed E-state index contributed by atoms with van der Waals surface area (Å²) in [6.07, 6.45) is 8.23. The van der Waals surface area contributed by atoms with E-state index in [1.165, 1.54) is 24.2 Å². The van der Waals surface area contributed by atoms with Gasteiger partial charge in [0, 0.05) is 37.0 Å². The normalized spacial score (nSPS) is 19.1. The second-order valence-corrected chi connectivity index (χ2v) is 7.95. The summed E-state index contributed by atoms with van der Waals surface area (Å²) in [5, 5.41) is 0. The molecule has 1 aromatic rings. The Labute approximate surface area is 154 Å². The number of benzene rings is 1. The van der Waals surface area contributed by atoms with Crippen LogP contribution in [0.4, 0.5) is 0 Å². The molecule has 0 unspecified atom stereocenters. The topological polar surface area (TPSA) is 40.6 Å². The monoisotopic (exact) mass is 360 g/mol. The standard InChI is InChI=1S/C20H28N2O2S/c1-25-18-9-7-16(8-10-18)15-19(23)21-11-13-22(14-12-21)20(24)17-5-3-2-4-6-17/h7-10,17H,2-6,11-15H2,1H3. The molecule has 1 aliphatic heterocycles. The van der Waals surface area contributed by atoms with Gasteiger partial charge < -0.3 is 9.80 Å². The van der Waals surface area contributed by atoms with Gasteiger partial charge >= 0.3 is 0 Å². The molecular weight excluding hydrogens is 332 g/mol. The van der Waals surface area contributed by atoms with E-state index in [0.717, 1.165) is 18.4 Å². The van der Waals surface area contributed by atoms with Gasteiger partial charge in [0.2, 0.25) is 11.8 Å². The zero-order chi connectivity index (χ0) is 17.6. The summed E-state index contributed by atoms with van der Waals surface area (Å²) in [6.45, 7) is 2.71. The van der Waals surface area contributed by atoms with Gasteiger partial charge in [0.15, 0.2) is 0 Å². The fourth-order valence-electron chi connectivity index (χ4n) is 3.81. The average Bonchev–Trinajstić information content (AvgIpc) is 2.69. The molecule has 136 valence electrons. The maximum absolute atomic E-state index is 12.6. The molecule has 2 aliphatic rings. The lowest BCUT2D eigenvalue weighted by Gasteiger charge is -2.37. The average molecular weight is 361 g/mol. The summed E-state index contributed by atoms with van der Waals surface area (Å²) in [7, 11) is 0. The summed E-state index contributed by atoms with van der Waals surface area (Å²) in [6, 6.07) is 8.20. The van der Waals surface area contributed by atoms with Gasteiger partial charge in [0.05, 0.1) is 6.42 Å². The zero-order valence-corrected chi connectivity index (χ0v) is 15.9. The molecule has 0 N–H and O–H groups in total. The summed E-state index contributed by atoms with van der Waals surface area (Å²) in [5.41, 5.74) is 1.06. The first-order chi connectivity index (χ1) is 12.2. The number of hydrogen-bond acceptors (Lipinski definition) is 3. The highest BCUT2D eigenvalue weighted by Gasteiger charge is 2.29. The Morgan fingerprint density at radius 2 is 1.56 bits per heavy atom. The third-order valence-corrected chi connectivity index (χ3v) is 6.16. The number of rotatable bonds is 4. The molecule has 25 heavy (non-hydrogen) atoms. The van der Waals surface area contributed by atoms with Crippen LogP contribution in [-0.4, -0.2) is 54.0 Å². The van der Waals surface area contributed by atoms with Crippen LogP contribution in [0.15, 0.2) is 29.2 Å². The molecule has 4 nitrogen and oxygen atoms in total. The van der Waals surface area contributed by atoms with Gasteiger partial charge in [-0.15, -0.1) is 11.8 Å². The number of carbonyl (C=O) groups excluding carboxylic acids is 2. The molecule has 1 heterocycles. The lowest BCUT2D eigenvalue weighted by Crippen LogP contribution is -2.52. The van der Waals surface area contributed by atoms with Crippen LogP contribution in [0.5, 0.6) is 0 Å². The fraction of sp³-hybridized carbons (Fsp3) is 0.600. The van der Waals surface area contributed by atoms with Crippen LogP contribution < -0.4 is 0 Å². The van der Waals surface area contributed by atoms with Crippen molar-refractivity contribution in [2.45, 2.75) is 43.4 Å². The van der Waals surface area contributed by atoms with Crippen molar-refractivity contribution in [1.29, 1.82) is 0 Å². The first kappa shape index (κ1) is 18.3. The Hall–Kier alpha value is -1.49. The number of carbonyl (C=O) groups is 2. The molecule has 5 heteroatoms. The third kappa shape index (κ3) is 4.78. The van der Waals surface area contributed by atoms with E-state index in [4.69, 9.17) is 0 Å². The Morgan fingerprint density at radius 3 is 2.16 bits per heavy atom. The van der Waals surface area contributed by atoms with Crippen LogP contribution in [-0.2, 0) is 16.0 Å². The van der Waals surface area contributed by atoms with Crippen LogP contribution in [0.2, 0.25) is 0 Å². The lowest BCUT2D eigenvalue weighted by molar-refractivity contribution is -0.142. The van der Waals surface area contributed by atoms with Crippen molar-refractivity contribution in [2.24, 2.45) is 5.92 Å². The quantitative estimate of drug-likeness (QED) is 0.774. The van der Waals surface area contributed by atoms with Crippen LogP contribution in [0.1, 0.15) is 37.7 Å². The highest BCUT2D eigenvalue weighted by atomic mass is 32.2. The Balaban J connectivity index is 1.47. The molecule has 1 aromatic carbocycles. The highest BCUT2D eigenvalue weighted by molar-refractivity contribution is 7.98. The van der Waals surface area contributed by atoms with Gasteiger partial charge in [0.1, 0.15) is 0 Å². The van der Waals surface area contributed by atoms with Crippen molar-refractivity contribution in [3.8, 4) is 0 Å². The maximum atomic E-state index is 12.6. The van der Waals surface area contributed by atoms with E-state index in [9.17, 15) is 9.59 Å². The second kappa shape index (κ2) is 8.75. The molecule has 1 saturated heterocycles. The molecule has 0 aromatic heterocycles. The van der Waals surface area contributed by atoms with Gasteiger partial charge in [-0.05, 0) is 36.8 Å². The predicted molar refractivity (Wildman–Crippen MR) is 102 cm³/mol. The lowest BCUT2D eigenvalue weighted by atomic mass is 9.88. The minimum absolute atomic E-state index is 0.168. The fourth-order valence-corrected chi connectivity index (χ4v) is 4.22. The van der Waals surface area contributed by atoms with E-state index in [1.54, 1.807) is 11.8 Å². The van der Waals surface area contributed by atoms with Crippen molar-refractivity contribution in [3.63, 3.8) is 0 Å². The number of nitrogens with zero attached hydrogens (tertiary/aromatic N) is 2. The second-order valence-electron chi connectivity index (χ2n) is 7.07. The van der Waals surface area contributed by atoms with Crippen LogP contribution in [0.25, 0.3) is 0 Å². The molecule has 0 bridgehead atoms. The van der Waals surface area contributed by atoms with E-state index in [-0.39, 0.29) is 11.8 Å². The first-order valence-corrected chi connectivity index (χ1v) is 10.6. The van der Waals surface area contributed by atoms with E-state index in [0.29, 0.717) is 38.5 Å². The largest absolute Gasteiger partial charge is 0.339 e. The third-order valence-electron chi connectivity index (χ3n) is 5.41. The maximum Gasteiger partial charge on any atom is 0.227 e. The zero-order valence-electron chi connectivity index (χ0n) is 15.1. The molecule has 2 amide bonds. The molecular formula is C20H28N2O2S. The van der Waals surface area contributed by atoms with Gasteiger partial charge in [-0.1, -0.05) is 31.4 Å². The van der Waals surface area contributed by atoms with Crippen LogP contribution >= 0.6 is 11.8 Å². The number of piperazine rings is 1. The molecule has 1 aliphatic carbocycles. The van der Waals surface area contributed by atoms with Gasteiger partial charge in [0.25, 0.3) is 0 Å². The molecule has 0 spiro atoms. The molecule has 3 rings (SSSR count). The molecule has 0 radical (unpaired) electrons. The number of thioether (sulfide) groups is 1.